The lowest BCUT2D eigenvalue weighted by atomic mass is 10.2. The topological polar surface area (TPSA) is 40.9 Å². The van der Waals surface area contributed by atoms with E-state index in [4.69, 9.17) is 33.0 Å². The first kappa shape index (κ1) is 20.1. The summed E-state index contributed by atoms with van der Waals surface area (Å²) in [5.41, 5.74) is 1.93. The number of para-hydroxylation sites is 1. The summed E-state index contributed by atoms with van der Waals surface area (Å²) < 4.78 is 10.9. The number of nitrogens with zero attached hydrogens (tertiary/aromatic N) is 2. The maximum Gasteiger partial charge on any atom is 0.173 e. The lowest BCUT2D eigenvalue weighted by molar-refractivity contribution is 0.0367. The maximum absolute atomic E-state index is 6.35. The average molecular weight is 408 g/mol. The van der Waals surface area contributed by atoms with Gasteiger partial charge in [0.25, 0.3) is 0 Å². The number of benzene rings is 1. The van der Waals surface area contributed by atoms with Crippen LogP contribution in [-0.4, -0.2) is 54.3 Å². The third-order valence-electron chi connectivity index (χ3n) is 4.67. The van der Waals surface area contributed by atoms with Crippen LogP contribution in [0, 0.1) is 6.92 Å². The number of nitrogens with one attached hydrogen (secondary N) is 1. The summed E-state index contributed by atoms with van der Waals surface area (Å²) >= 11 is 12.0. The van der Waals surface area contributed by atoms with Crippen LogP contribution >= 0.6 is 23.8 Å². The van der Waals surface area contributed by atoms with Gasteiger partial charge in [0.1, 0.15) is 5.76 Å². The van der Waals surface area contributed by atoms with Gasteiger partial charge in [-0.1, -0.05) is 23.7 Å². The van der Waals surface area contributed by atoms with Crippen LogP contribution in [0.2, 0.25) is 5.02 Å². The minimum atomic E-state index is 0.630. The first-order valence-corrected chi connectivity index (χ1v) is 10.1. The molecule has 5 nitrogen and oxygen atoms in total. The number of aryl methyl sites for hydroxylation is 1. The van der Waals surface area contributed by atoms with Crippen molar-refractivity contribution in [3.63, 3.8) is 0 Å². The number of morpholine rings is 1. The molecule has 1 N–H and O–H groups in total. The summed E-state index contributed by atoms with van der Waals surface area (Å²) in [7, 11) is 0. The summed E-state index contributed by atoms with van der Waals surface area (Å²) in [5, 5.41) is 4.66. The van der Waals surface area contributed by atoms with Gasteiger partial charge in [0.05, 0.1) is 36.7 Å². The minimum absolute atomic E-state index is 0.630. The van der Waals surface area contributed by atoms with Crippen LogP contribution in [0.4, 0.5) is 5.69 Å². The second kappa shape index (κ2) is 10.1. The van der Waals surface area contributed by atoms with E-state index in [1.54, 1.807) is 6.26 Å². The summed E-state index contributed by atoms with van der Waals surface area (Å²) in [6.07, 6.45) is 2.71. The van der Waals surface area contributed by atoms with Gasteiger partial charge in [-0.05, 0) is 49.3 Å². The zero-order valence-electron chi connectivity index (χ0n) is 15.6. The molecule has 2 heterocycles. The third kappa shape index (κ3) is 5.94. The van der Waals surface area contributed by atoms with Crippen LogP contribution < -0.4 is 5.32 Å². The molecular formula is C20H26ClN3O2S. The molecule has 2 aromatic rings. The molecule has 0 atom stereocenters. The molecule has 1 fully saturated rings. The van der Waals surface area contributed by atoms with E-state index in [2.05, 4.69) is 15.1 Å². The fourth-order valence-electron chi connectivity index (χ4n) is 3.13. The third-order valence-corrected chi connectivity index (χ3v) is 5.35. The smallest absolute Gasteiger partial charge is 0.173 e. The van der Waals surface area contributed by atoms with E-state index in [9.17, 15) is 0 Å². The quantitative estimate of drug-likeness (QED) is 0.695. The van der Waals surface area contributed by atoms with Crippen molar-refractivity contribution in [1.29, 1.82) is 0 Å². The van der Waals surface area contributed by atoms with Crippen LogP contribution in [0.25, 0.3) is 0 Å². The molecule has 27 heavy (non-hydrogen) atoms. The van der Waals surface area contributed by atoms with E-state index < -0.39 is 0 Å². The second-order valence-electron chi connectivity index (χ2n) is 6.67. The van der Waals surface area contributed by atoms with Crippen LogP contribution in [0.5, 0.6) is 0 Å². The Balaban J connectivity index is 1.62. The van der Waals surface area contributed by atoms with Gasteiger partial charge in [-0.25, -0.2) is 0 Å². The fraction of sp³-hybridized carbons (Fsp3) is 0.450. The van der Waals surface area contributed by atoms with Crippen LogP contribution in [-0.2, 0) is 11.3 Å². The molecular weight excluding hydrogens is 382 g/mol. The SMILES string of the molecule is Cc1cccc(Cl)c1NC(=S)N(CCCN1CCOCC1)Cc1ccco1. The predicted octanol–water partition coefficient (Wildman–Crippen LogP) is 4.16. The molecule has 7 heteroatoms. The number of rotatable bonds is 7. The van der Waals surface area contributed by atoms with E-state index in [1.807, 2.05) is 37.3 Å². The Morgan fingerprint density at radius 1 is 1.26 bits per heavy atom. The van der Waals surface area contributed by atoms with Gasteiger partial charge in [-0.2, -0.15) is 0 Å². The lowest BCUT2D eigenvalue weighted by Crippen LogP contribution is -2.40. The molecule has 0 amide bonds. The number of ether oxygens (including phenoxy) is 1. The number of halogens is 1. The van der Waals surface area contributed by atoms with E-state index in [0.29, 0.717) is 16.7 Å². The number of hydrogen-bond donors (Lipinski definition) is 1. The van der Waals surface area contributed by atoms with Crippen molar-refractivity contribution in [2.75, 3.05) is 44.7 Å². The molecule has 0 saturated carbocycles. The van der Waals surface area contributed by atoms with E-state index in [0.717, 1.165) is 62.8 Å². The van der Waals surface area contributed by atoms with Crippen molar-refractivity contribution in [2.24, 2.45) is 0 Å². The summed E-state index contributed by atoms with van der Waals surface area (Å²) in [5.74, 6) is 0.890. The minimum Gasteiger partial charge on any atom is -0.467 e. The molecule has 0 aliphatic carbocycles. The standard InChI is InChI=1S/C20H26ClN3O2S/c1-16-5-2-7-18(21)19(16)22-20(27)24(15-17-6-3-12-26-17)9-4-8-23-10-13-25-14-11-23/h2-3,5-7,12H,4,8-11,13-15H2,1H3,(H,22,27). The van der Waals surface area contributed by atoms with E-state index in [1.165, 1.54) is 0 Å². The van der Waals surface area contributed by atoms with E-state index in [-0.39, 0.29) is 0 Å². The summed E-state index contributed by atoms with van der Waals surface area (Å²) in [6, 6.07) is 9.70. The molecule has 0 unspecified atom stereocenters. The molecule has 1 aliphatic heterocycles. The Kier molecular flexibility index (Phi) is 7.52. The monoisotopic (exact) mass is 407 g/mol. The normalized spacial score (nSPS) is 14.9. The van der Waals surface area contributed by atoms with Crippen molar-refractivity contribution in [3.05, 3.63) is 52.9 Å². The molecule has 0 spiro atoms. The zero-order chi connectivity index (χ0) is 19.1. The molecule has 1 saturated heterocycles. The van der Waals surface area contributed by atoms with Crippen molar-refractivity contribution in [1.82, 2.24) is 9.80 Å². The Morgan fingerprint density at radius 3 is 2.78 bits per heavy atom. The fourth-order valence-corrected chi connectivity index (χ4v) is 3.66. The van der Waals surface area contributed by atoms with Crippen LogP contribution in [0.1, 0.15) is 17.7 Å². The Labute approximate surface area is 171 Å². The van der Waals surface area contributed by atoms with Gasteiger partial charge < -0.3 is 19.4 Å². The number of anilines is 1. The average Bonchev–Trinajstić information content (AvgIpc) is 3.18. The van der Waals surface area contributed by atoms with Gasteiger partial charge in [0.2, 0.25) is 0 Å². The Morgan fingerprint density at radius 2 is 2.07 bits per heavy atom. The highest BCUT2D eigenvalue weighted by atomic mass is 35.5. The number of furan rings is 1. The largest absolute Gasteiger partial charge is 0.467 e. The van der Waals surface area contributed by atoms with Crippen LogP contribution in [0.15, 0.2) is 41.0 Å². The summed E-state index contributed by atoms with van der Waals surface area (Å²) in [6.45, 7) is 8.17. The zero-order valence-corrected chi connectivity index (χ0v) is 17.2. The molecule has 1 aromatic carbocycles. The molecule has 0 radical (unpaired) electrons. The van der Waals surface area contributed by atoms with Crippen LogP contribution in [0.3, 0.4) is 0 Å². The predicted molar refractivity (Wildman–Crippen MR) is 113 cm³/mol. The first-order valence-electron chi connectivity index (χ1n) is 9.27. The van der Waals surface area contributed by atoms with Gasteiger partial charge in [-0.15, -0.1) is 0 Å². The van der Waals surface area contributed by atoms with Gasteiger partial charge in [-0.3, -0.25) is 4.90 Å². The highest BCUT2D eigenvalue weighted by Gasteiger charge is 2.16. The Bertz CT molecular complexity index is 713. The second-order valence-corrected chi connectivity index (χ2v) is 7.46. The van der Waals surface area contributed by atoms with Gasteiger partial charge >= 0.3 is 0 Å². The summed E-state index contributed by atoms with van der Waals surface area (Å²) in [4.78, 5) is 4.57. The lowest BCUT2D eigenvalue weighted by Gasteiger charge is -2.29. The molecule has 3 rings (SSSR count). The van der Waals surface area contributed by atoms with Gasteiger partial charge in [0, 0.05) is 26.2 Å². The number of thiocarbonyl (C=S) groups is 1. The maximum atomic E-state index is 6.35. The van der Waals surface area contributed by atoms with Crippen molar-refractivity contribution < 1.29 is 9.15 Å². The first-order chi connectivity index (χ1) is 13.1. The highest BCUT2D eigenvalue weighted by Crippen LogP contribution is 2.25. The molecule has 1 aromatic heterocycles. The van der Waals surface area contributed by atoms with Crippen molar-refractivity contribution in [3.8, 4) is 0 Å². The van der Waals surface area contributed by atoms with Crippen molar-refractivity contribution in [2.45, 2.75) is 19.9 Å². The highest BCUT2D eigenvalue weighted by molar-refractivity contribution is 7.80. The van der Waals surface area contributed by atoms with E-state index >= 15 is 0 Å². The number of hydrogen-bond acceptors (Lipinski definition) is 4. The van der Waals surface area contributed by atoms with Crippen molar-refractivity contribution >= 4 is 34.6 Å². The van der Waals surface area contributed by atoms with Gasteiger partial charge in [0.15, 0.2) is 5.11 Å². The molecule has 0 bridgehead atoms. The Hall–Kier alpha value is -1.60. The molecule has 146 valence electrons. The molecule has 1 aliphatic rings.